The summed E-state index contributed by atoms with van der Waals surface area (Å²) in [6.45, 7) is 13.6. The lowest BCUT2D eigenvalue weighted by molar-refractivity contribution is 0.00751. The lowest BCUT2D eigenvalue weighted by Crippen LogP contribution is -2.53. The smallest absolute Gasteiger partial charge is 0.191 e. The summed E-state index contributed by atoms with van der Waals surface area (Å²) < 4.78 is 5.52. The van der Waals surface area contributed by atoms with Crippen LogP contribution >= 0.6 is 0 Å². The summed E-state index contributed by atoms with van der Waals surface area (Å²) in [7, 11) is 1.87. The van der Waals surface area contributed by atoms with Crippen LogP contribution in [-0.4, -0.2) is 80.3 Å². The molecule has 162 valence electrons. The molecule has 2 fully saturated rings. The minimum absolute atomic E-state index is 0.431. The number of hydrogen-bond acceptors (Lipinski definition) is 4. The molecule has 1 aromatic rings. The maximum atomic E-state index is 5.52. The van der Waals surface area contributed by atoms with Gasteiger partial charge in [-0.25, -0.2) is 0 Å². The molecule has 0 radical (unpaired) electrons. The third kappa shape index (κ3) is 6.43. The molecule has 2 N–H and O–H groups in total. The molecule has 0 bridgehead atoms. The average molecular weight is 402 g/mol. The first kappa shape index (κ1) is 22.1. The van der Waals surface area contributed by atoms with Crippen LogP contribution in [0.2, 0.25) is 0 Å². The Bertz CT molecular complexity index is 629. The van der Waals surface area contributed by atoms with E-state index >= 15 is 0 Å². The van der Waals surface area contributed by atoms with Crippen LogP contribution in [-0.2, 0) is 11.3 Å². The van der Waals surface area contributed by atoms with E-state index in [1.165, 1.54) is 5.56 Å². The number of morpholine rings is 1. The number of benzene rings is 1. The third-order valence-electron chi connectivity index (χ3n) is 6.26. The zero-order valence-electron chi connectivity index (χ0n) is 18.6. The SMILES string of the molecule is CN=C(NCC(C(C)C)N1CCOCC1)NC1CC(C)N(Cc2ccccc2)C1. The Kier molecular flexibility index (Phi) is 8.33. The van der Waals surface area contributed by atoms with Crippen molar-refractivity contribution in [2.45, 2.75) is 51.9 Å². The summed E-state index contributed by atoms with van der Waals surface area (Å²) >= 11 is 0. The molecule has 3 atom stereocenters. The highest BCUT2D eigenvalue weighted by Crippen LogP contribution is 2.20. The Morgan fingerprint density at radius 3 is 2.59 bits per heavy atom. The van der Waals surface area contributed by atoms with E-state index < -0.39 is 0 Å². The zero-order valence-corrected chi connectivity index (χ0v) is 18.6. The topological polar surface area (TPSA) is 52.1 Å². The van der Waals surface area contributed by atoms with Crippen molar-refractivity contribution in [3.8, 4) is 0 Å². The van der Waals surface area contributed by atoms with Gasteiger partial charge < -0.3 is 15.4 Å². The molecular formula is C23H39N5O. The summed E-state index contributed by atoms with van der Waals surface area (Å²) in [4.78, 5) is 9.60. The van der Waals surface area contributed by atoms with Gasteiger partial charge >= 0.3 is 0 Å². The first-order valence-corrected chi connectivity index (χ1v) is 11.1. The Balaban J connectivity index is 1.49. The molecule has 0 aromatic heterocycles. The second-order valence-corrected chi connectivity index (χ2v) is 8.75. The maximum absolute atomic E-state index is 5.52. The predicted octanol–water partition coefficient (Wildman–Crippen LogP) is 2.17. The summed E-state index contributed by atoms with van der Waals surface area (Å²) in [6, 6.07) is 12.3. The third-order valence-corrected chi connectivity index (χ3v) is 6.26. The van der Waals surface area contributed by atoms with E-state index in [0.717, 1.165) is 58.3 Å². The molecule has 2 aliphatic rings. The van der Waals surface area contributed by atoms with Crippen molar-refractivity contribution in [1.82, 2.24) is 20.4 Å². The number of guanidine groups is 1. The quantitative estimate of drug-likeness (QED) is 0.542. The van der Waals surface area contributed by atoms with Gasteiger partial charge in [-0.1, -0.05) is 44.2 Å². The van der Waals surface area contributed by atoms with Crippen molar-refractivity contribution in [3.63, 3.8) is 0 Å². The van der Waals surface area contributed by atoms with Crippen molar-refractivity contribution < 1.29 is 4.74 Å². The lowest BCUT2D eigenvalue weighted by Gasteiger charge is -2.37. The molecule has 0 spiro atoms. The summed E-state index contributed by atoms with van der Waals surface area (Å²) in [5.74, 6) is 1.51. The van der Waals surface area contributed by atoms with Crippen LogP contribution < -0.4 is 10.6 Å². The Labute approximate surface area is 176 Å². The van der Waals surface area contributed by atoms with Crippen molar-refractivity contribution in [2.75, 3.05) is 46.4 Å². The van der Waals surface area contributed by atoms with Gasteiger partial charge in [-0.3, -0.25) is 14.8 Å². The maximum Gasteiger partial charge on any atom is 0.191 e. The number of hydrogen-bond donors (Lipinski definition) is 2. The molecule has 2 aliphatic heterocycles. The van der Waals surface area contributed by atoms with Gasteiger partial charge in [0.05, 0.1) is 13.2 Å². The molecule has 3 rings (SSSR count). The first-order chi connectivity index (χ1) is 14.1. The lowest BCUT2D eigenvalue weighted by atomic mass is 10.0. The monoisotopic (exact) mass is 401 g/mol. The predicted molar refractivity (Wildman–Crippen MR) is 120 cm³/mol. The van der Waals surface area contributed by atoms with Crippen LogP contribution in [0.4, 0.5) is 0 Å². The largest absolute Gasteiger partial charge is 0.379 e. The number of likely N-dealkylation sites (tertiary alicyclic amines) is 1. The zero-order chi connectivity index (χ0) is 20.6. The van der Waals surface area contributed by atoms with Gasteiger partial charge in [0.1, 0.15) is 0 Å². The molecule has 0 saturated carbocycles. The first-order valence-electron chi connectivity index (χ1n) is 11.1. The second kappa shape index (κ2) is 11.0. The van der Waals surface area contributed by atoms with E-state index in [9.17, 15) is 0 Å². The highest BCUT2D eigenvalue weighted by molar-refractivity contribution is 5.80. The summed E-state index contributed by atoms with van der Waals surface area (Å²) in [5, 5.41) is 7.26. The van der Waals surface area contributed by atoms with Crippen LogP contribution in [0.15, 0.2) is 35.3 Å². The molecule has 2 saturated heterocycles. The molecule has 6 heteroatoms. The van der Waals surface area contributed by atoms with Crippen molar-refractivity contribution >= 4 is 5.96 Å². The highest BCUT2D eigenvalue weighted by atomic mass is 16.5. The fraction of sp³-hybridized carbons (Fsp3) is 0.696. The molecule has 0 aliphatic carbocycles. The van der Waals surface area contributed by atoms with Gasteiger partial charge in [-0.05, 0) is 24.8 Å². The van der Waals surface area contributed by atoms with Crippen LogP contribution in [0.1, 0.15) is 32.8 Å². The highest BCUT2D eigenvalue weighted by Gasteiger charge is 2.30. The number of rotatable bonds is 7. The fourth-order valence-corrected chi connectivity index (χ4v) is 4.53. The van der Waals surface area contributed by atoms with Gasteiger partial charge in [-0.2, -0.15) is 0 Å². The molecule has 6 nitrogen and oxygen atoms in total. The van der Waals surface area contributed by atoms with E-state index in [1.54, 1.807) is 0 Å². The van der Waals surface area contributed by atoms with Crippen LogP contribution in [0.3, 0.4) is 0 Å². The van der Waals surface area contributed by atoms with Crippen LogP contribution in [0.5, 0.6) is 0 Å². The standard InChI is InChI=1S/C23H39N5O/c1-18(2)22(27-10-12-29-13-11-27)15-25-23(24-4)26-21-14-19(3)28(17-21)16-20-8-6-5-7-9-20/h5-9,18-19,21-22H,10-17H2,1-4H3,(H2,24,25,26). The Morgan fingerprint density at radius 2 is 1.93 bits per heavy atom. The number of nitrogens with zero attached hydrogens (tertiary/aromatic N) is 3. The summed E-state index contributed by atoms with van der Waals surface area (Å²) in [6.07, 6.45) is 1.14. The van der Waals surface area contributed by atoms with Crippen molar-refractivity contribution in [1.29, 1.82) is 0 Å². The molecule has 3 unspecified atom stereocenters. The van der Waals surface area contributed by atoms with Crippen molar-refractivity contribution in [2.24, 2.45) is 10.9 Å². The molecule has 29 heavy (non-hydrogen) atoms. The van der Waals surface area contributed by atoms with Gasteiger partial charge in [-0.15, -0.1) is 0 Å². The van der Waals surface area contributed by atoms with Gasteiger partial charge in [0.15, 0.2) is 5.96 Å². The molecule has 0 amide bonds. The molecule has 2 heterocycles. The average Bonchev–Trinajstić information content (AvgIpc) is 3.07. The van der Waals surface area contributed by atoms with E-state index in [1.807, 2.05) is 7.05 Å². The second-order valence-electron chi connectivity index (χ2n) is 8.75. The Morgan fingerprint density at radius 1 is 1.21 bits per heavy atom. The van der Waals surface area contributed by atoms with E-state index in [2.05, 4.69) is 76.5 Å². The number of nitrogens with one attached hydrogen (secondary N) is 2. The number of ether oxygens (including phenoxy) is 1. The van der Waals surface area contributed by atoms with Crippen molar-refractivity contribution in [3.05, 3.63) is 35.9 Å². The van der Waals surface area contributed by atoms with Gasteiger partial charge in [0.25, 0.3) is 0 Å². The minimum Gasteiger partial charge on any atom is -0.379 e. The molecular weight excluding hydrogens is 362 g/mol. The van der Waals surface area contributed by atoms with Crippen LogP contribution in [0, 0.1) is 5.92 Å². The molecule has 1 aromatic carbocycles. The number of aliphatic imine (C=N–C) groups is 1. The van der Waals surface area contributed by atoms with Crippen LogP contribution in [0.25, 0.3) is 0 Å². The van der Waals surface area contributed by atoms with Gasteiger partial charge in [0, 0.05) is 57.9 Å². The minimum atomic E-state index is 0.431. The Hall–Kier alpha value is -1.63. The fourth-order valence-electron chi connectivity index (χ4n) is 4.53. The van der Waals surface area contributed by atoms with E-state index in [-0.39, 0.29) is 0 Å². The van der Waals surface area contributed by atoms with E-state index in [0.29, 0.717) is 24.0 Å². The van der Waals surface area contributed by atoms with E-state index in [4.69, 9.17) is 4.74 Å². The van der Waals surface area contributed by atoms with Gasteiger partial charge in [0.2, 0.25) is 0 Å². The summed E-state index contributed by atoms with van der Waals surface area (Å²) in [5.41, 5.74) is 1.38. The normalized spacial score (nSPS) is 25.3.